The minimum Gasteiger partial charge on any atom is -0.497 e. The Balaban J connectivity index is 1.99. The van der Waals surface area contributed by atoms with Crippen LogP contribution in [0.15, 0.2) is 24.3 Å². The Morgan fingerprint density at radius 2 is 1.95 bits per heavy atom. The van der Waals surface area contributed by atoms with E-state index >= 15 is 0 Å². The summed E-state index contributed by atoms with van der Waals surface area (Å²) in [6.45, 7) is 2.33. The molecule has 3 heteroatoms. The van der Waals surface area contributed by atoms with Gasteiger partial charge in [0.15, 0.2) is 0 Å². The first-order valence-electron chi connectivity index (χ1n) is 6.96. The third-order valence-corrected chi connectivity index (χ3v) is 3.98. The number of methoxy groups -OCH3 is 1. The molecule has 3 nitrogen and oxygen atoms in total. The normalized spacial score (nSPS) is 16.5. The van der Waals surface area contributed by atoms with Gasteiger partial charge in [0.1, 0.15) is 5.75 Å². The summed E-state index contributed by atoms with van der Waals surface area (Å²) in [6.07, 6.45) is 4.97. The average Bonchev–Trinajstić information content (AvgIpc) is 2.37. The van der Waals surface area contributed by atoms with Crippen molar-refractivity contribution in [3.05, 3.63) is 29.8 Å². The van der Waals surface area contributed by atoms with Crippen LogP contribution < -0.4 is 4.74 Å². The fourth-order valence-electron chi connectivity index (χ4n) is 2.79. The fraction of sp³-hybridized carbons (Fsp3) is 0.562. The molecular weight excluding hydrogens is 240 g/mol. The van der Waals surface area contributed by atoms with Gasteiger partial charge in [0, 0.05) is 0 Å². The Morgan fingerprint density at radius 1 is 1.26 bits per heavy atom. The van der Waals surface area contributed by atoms with Crippen LogP contribution >= 0.6 is 0 Å². The number of rotatable bonds is 6. The molecule has 1 aliphatic carbocycles. The lowest BCUT2D eigenvalue weighted by Gasteiger charge is -2.41. The topological polar surface area (TPSA) is 35.5 Å². The van der Waals surface area contributed by atoms with Crippen LogP contribution in [0.5, 0.6) is 5.75 Å². The molecule has 0 aliphatic heterocycles. The first-order chi connectivity index (χ1) is 9.17. The van der Waals surface area contributed by atoms with Gasteiger partial charge in [-0.3, -0.25) is 4.79 Å². The van der Waals surface area contributed by atoms with Crippen LogP contribution in [0, 0.1) is 5.41 Å². The number of ether oxygens (including phenoxy) is 2. The third-order valence-electron chi connectivity index (χ3n) is 3.98. The van der Waals surface area contributed by atoms with Gasteiger partial charge < -0.3 is 9.47 Å². The monoisotopic (exact) mass is 262 g/mol. The largest absolute Gasteiger partial charge is 0.497 e. The molecule has 0 saturated heterocycles. The van der Waals surface area contributed by atoms with E-state index in [1.807, 2.05) is 19.1 Å². The van der Waals surface area contributed by atoms with Gasteiger partial charge in [-0.25, -0.2) is 0 Å². The van der Waals surface area contributed by atoms with Crippen LogP contribution in [0.1, 0.15) is 38.2 Å². The third kappa shape index (κ3) is 3.49. The van der Waals surface area contributed by atoms with Crippen molar-refractivity contribution in [3.63, 3.8) is 0 Å². The molecule has 0 N–H and O–H groups in total. The highest BCUT2D eigenvalue weighted by molar-refractivity contribution is 5.70. The van der Waals surface area contributed by atoms with Crippen molar-refractivity contribution in [1.29, 1.82) is 0 Å². The molecule has 104 valence electrons. The Morgan fingerprint density at radius 3 is 2.42 bits per heavy atom. The Kier molecular flexibility index (Phi) is 4.46. The van der Waals surface area contributed by atoms with E-state index in [1.54, 1.807) is 7.11 Å². The van der Waals surface area contributed by atoms with Crippen molar-refractivity contribution in [2.45, 2.75) is 39.0 Å². The summed E-state index contributed by atoms with van der Waals surface area (Å²) in [5.74, 6) is 0.813. The molecule has 0 unspecified atom stereocenters. The molecule has 0 radical (unpaired) electrons. The van der Waals surface area contributed by atoms with Crippen molar-refractivity contribution in [2.75, 3.05) is 13.7 Å². The summed E-state index contributed by atoms with van der Waals surface area (Å²) < 4.78 is 10.3. The van der Waals surface area contributed by atoms with Gasteiger partial charge in [-0.2, -0.15) is 0 Å². The zero-order valence-electron chi connectivity index (χ0n) is 11.8. The molecule has 0 spiro atoms. The summed E-state index contributed by atoms with van der Waals surface area (Å²) in [4.78, 5) is 11.7. The maximum absolute atomic E-state index is 11.7. The van der Waals surface area contributed by atoms with Gasteiger partial charge in [-0.1, -0.05) is 18.6 Å². The van der Waals surface area contributed by atoms with Crippen molar-refractivity contribution in [3.8, 4) is 5.75 Å². The number of carbonyl (C=O) groups excluding carboxylic acids is 1. The lowest BCUT2D eigenvalue weighted by atomic mass is 9.63. The van der Waals surface area contributed by atoms with Crippen molar-refractivity contribution in [1.82, 2.24) is 0 Å². The molecule has 1 fully saturated rings. The van der Waals surface area contributed by atoms with Crippen LogP contribution in [-0.2, 0) is 16.0 Å². The highest BCUT2D eigenvalue weighted by atomic mass is 16.5. The van der Waals surface area contributed by atoms with Crippen LogP contribution in [0.4, 0.5) is 0 Å². The molecule has 0 aromatic heterocycles. The van der Waals surface area contributed by atoms with E-state index in [4.69, 9.17) is 9.47 Å². The second-order valence-corrected chi connectivity index (χ2v) is 5.36. The fourth-order valence-corrected chi connectivity index (χ4v) is 2.79. The highest BCUT2D eigenvalue weighted by Gasteiger charge is 2.39. The molecule has 1 aromatic rings. The maximum atomic E-state index is 11.7. The van der Waals surface area contributed by atoms with E-state index in [2.05, 4.69) is 12.1 Å². The van der Waals surface area contributed by atoms with E-state index in [1.165, 1.54) is 12.0 Å². The molecule has 1 aromatic carbocycles. The molecular formula is C16H22O3. The quantitative estimate of drug-likeness (QED) is 0.737. The molecule has 0 heterocycles. The van der Waals surface area contributed by atoms with Gasteiger partial charge in [-0.15, -0.1) is 0 Å². The summed E-state index contributed by atoms with van der Waals surface area (Å²) in [6, 6.07) is 8.13. The zero-order valence-corrected chi connectivity index (χ0v) is 11.8. The summed E-state index contributed by atoms with van der Waals surface area (Å²) in [5.41, 5.74) is 1.39. The SMILES string of the molecule is CCOC(=O)CC1(Cc2ccc(OC)cc2)CCC1. The molecule has 0 bridgehead atoms. The van der Waals surface area contributed by atoms with E-state index in [0.29, 0.717) is 13.0 Å². The molecule has 1 aliphatic rings. The number of esters is 1. The molecule has 1 saturated carbocycles. The number of benzene rings is 1. The van der Waals surface area contributed by atoms with Gasteiger partial charge >= 0.3 is 5.97 Å². The van der Waals surface area contributed by atoms with Crippen LogP contribution in [0.25, 0.3) is 0 Å². The van der Waals surface area contributed by atoms with Gasteiger partial charge in [-0.05, 0) is 49.3 Å². The first kappa shape index (κ1) is 13.9. The summed E-state index contributed by atoms with van der Waals surface area (Å²) in [5, 5.41) is 0. The maximum Gasteiger partial charge on any atom is 0.306 e. The molecule has 19 heavy (non-hydrogen) atoms. The van der Waals surface area contributed by atoms with Crippen LogP contribution in [0.2, 0.25) is 0 Å². The van der Waals surface area contributed by atoms with Crippen LogP contribution in [-0.4, -0.2) is 19.7 Å². The van der Waals surface area contributed by atoms with Crippen molar-refractivity contribution < 1.29 is 14.3 Å². The summed E-state index contributed by atoms with van der Waals surface area (Å²) in [7, 11) is 1.67. The average molecular weight is 262 g/mol. The lowest BCUT2D eigenvalue weighted by Crippen LogP contribution is -2.34. The lowest BCUT2D eigenvalue weighted by molar-refractivity contribution is -0.147. The molecule has 2 rings (SSSR count). The zero-order chi connectivity index (χ0) is 13.7. The predicted molar refractivity (Wildman–Crippen MR) is 74.2 cm³/mol. The van der Waals surface area contributed by atoms with E-state index in [0.717, 1.165) is 25.0 Å². The van der Waals surface area contributed by atoms with Crippen LogP contribution in [0.3, 0.4) is 0 Å². The van der Waals surface area contributed by atoms with Crippen molar-refractivity contribution >= 4 is 5.97 Å². The second kappa shape index (κ2) is 6.09. The standard InChI is InChI=1S/C16H22O3/c1-3-19-15(17)12-16(9-4-10-16)11-13-5-7-14(18-2)8-6-13/h5-8H,3-4,9-12H2,1-2H3. The first-order valence-corrected chi connectivity index (χ1v) is 6.96. The number of hydrogen-bond donors (Lipinski definition) is 0. The Bertz CT molecular complexity index is 418. The van der Waals surface area contributed by atoms with E-state index in [9.17, 15) is 4.79 Å². The highest BCUT2D eigenvalue weighted by Crippen LogP contribution is 2.46. The minimum absolute atomic E-state index is 0.0595. The molecule has 0 atom stereocenters. The minimum atomic E-state index is -0.0595. The Labute approximate surface area is 114 Å². The summed E-state index contributed by atoms with van der Waals surface area (Å²) >= 11 is 0. The molecule has 0 amide bonds. The van der Waals surface area contributed by atoms with Gasteiger partial charge in [0.25, 0.3) is 0 Å². The second-order valence-electron chi connectivity index (χ2n) is 5.36. The van der Waals surface area contributed by atoms with Gasteiger partial charge in [0.2, 0.25) is 0 Å². The van der Waals surface area contributed by atoms with Crippen molar-refractivity contribution in [2.24, 2.45) is 5.41 Å². The number of hydrogen-bond acceptors (Lipinski definition) is 3. The number of carbonyl (C=O) groups is 1. The predicted octanol–water partition coefficient (Wildman–Crippen LogP) is 3.36. The van der Waals surface area contributed by atoms with E-state index < -0.39 is 0 Å². The Hall–Kier alpha value is -1.51. The smallest absolute Gasteiger partial charge is 0.306 e. The van der Waals surface area contributed by atoms with E-state index in [-0.39, 0.29) is 11.4 Å². The van der Waals surface area contributed by atoms with Gasteiger partial charge in [0.05, 0.1) is 20.1 Å².